The molecular formula is C15H19NO2. The molecule has 1 fully saturated rings. The quantitative estimate of drug-likeness (QED) is 0.819. The van der Waals surface area contributed by atoms with Gasteiger partial charge >= 0.3 is 0 Å². The van der Waals surface area contributed by atoms with Gasteiger partial charge in [-0.3, -0.25) is 0 Å². The van der Waals surface area contributed by atoms with Crippen LogP contribution < -0.4 is 9.47 Å². The Kier molecular flexibility index (Phi) is 4.09. The van der Waals surface area contributed by atoms with Gasteiger partial charge in [0.2, 0.25) is 0 Å². The van der Waals surface area contributed by atoms with Crippen LogP contribution in [0.2, 0.25) is 0 Å². The highest BCUT2D eigenvalue weighted by molar-refractivity contribution is 5.39. The van der Waals surface area contributed by atoms with Crippen LogP contribution in [-0.4, -0.2) is 13.2 Å². The molecule has 3 heteroatoms. The van der Waals surface area contributed by atoms with E-state index in [2.05, 4.69) is 13.0 Å². The summed E-state index contributed by atoms with van der Waals surface area (Å²) in [4.78, 5) is 0. The minimum atomic E-state index is -0.0185. The van der Waals surface area contributed by atoms with E-state index in [0.717, 1.165) is 30.8 Å². The third-order valence-electron chi connectivity index (χ3n) is 3.57. The van der Waals surface area contributed by atoms with Gasteiger partial charge in [-0.05, 0) is 37.3 Å². The Hall–Kier alpha value is -1.69. The monoisotopic (exact) mass is 245 g/mol. The summed E-state index contributed by atoms with van der Waals surface area (Å²) in [5.41, 5.74) is 0. The Labute approximate surface area is 108 Å². The summed E-state index contributed by atoms with van der Waals surface area (Å²) in [6.45, 7) is 2.21. The molecule has 18 heavy (non-hydrogen) atoms. The van der Waals surface area contributed by atoms with Gasteiger partial charge in [-0.25, -0.2) is 0 Å². The van der Waals surface area contributed by atoms with Gasteiger partial charge in [-0.15, -0.1) is 0 Å². The van der Waals surface area contributed by atoms with E-state index in [0.29, 0.717) is 5.92 Å². The molecule has 96 valence electrons. The molecule has 0 aromatic heterocycles. The molecule has 0 aliphatic heterocycles. The minimum Gasteiger partial charge on any atom is -0.493 e. The van der Waals surface area contributed by atoms with Crippen LogP contribution in [-0.2, 0) is 0 Å². The van der Waals surface area contributed by atoms with Crippen LogP contribution in [0.1, 0.15) is 26.2 Å². The maximum Gasteiger partial charge on any atom is 0.161 e. The standard InChI is InChI=1S/C15H19NO2/c1-11-7-8-12(10-16)15(9-11)18-14-6-4-3-5-13(14)17-2/h3-6,11-12,15H,7-9H2,1-2H3. The summed E-state index contributed by atoms with van der Waals surface area (Å²) in [7, 11) is 1.63. The largest absolute Gasteiger partial charge is 0.493 e. The smallest absolute Gasteiger partial charge is 0.161 e. The van der Waals surface area contributed by atoms with Gasteiger partial charge in [0.05, 0.1) is 19.1 Å². The Morgan fingerprint density at radius 2 is 1.94 bits per heavy atom. The number of ether oxygens (including phenoxy) is 2. The van der Waals surface area contributed by atoms with Gasteiger partial charge in [0, 0.05) is 0 Å². The van der Waals surface area contributed by atoms with E-state index in [1.807, 2.05) is 24.3 Å². The summed E-state index contributed by atoms with van der Waals surface area (Å²) in [5, 5.41) is 9.19. The van der Waals surface area contributed by atoms with Crippen LogP contribution in [0.3, 0.4) is 0 Å². The van der Waals surface area contributed by atoms with Crippen LogP contribution in [0.25, 0.3) is 0 Å². The Morgan fingerprint density at radius 1 is 1.22 bits per heavy atom. The second-order valence-corrected chi connectivity index (χ2v) is 4.96. The summed E-state index contributed by atoms with van der Waals surface area (Å²) >= 11 is 0. The normalized spacial score (nSPS) is 27.3. The number of nitrogens with zero attached hydrogens (tertiary/aromatic N) is 1. The number of para-hydroxylation sites is 2. The van der Waals surface area contributed by atoms with Gasteiger partial charge < -0.3 is 9.47 Å². The summed E-state index contributed by atoms with van der Waals surface area (Å²) < 4.78 is 11.3. The number of methoxy groups -OCH3 is 1. The van der Waals surface area contributed by atoms with Gasteiger partial charge in [-0.1, -0.05) is 19.1 Å². The highest BCUT2D eigenvalue weighted by Gasteiger charge is 2.30. The average molecular weight is 245 g/mol. The zero-order valence-corrected chi connectivity index (χ0v) is 10.9. The zero-order chi connectivity index (χ0) is 13.0. The Bertz CT molecular complexity index is 438. The highest BCUT2D eigenvalue weighted by Crippen LogP contribution is 2.34. The van der Waals surface area contributed by atoms with Crippen molar-refractivity contribution in [2.45, 2.75) is 32.3 Å². The van der Waals surface area contributed by atoms with Gasteiger partial charge in [0.1, 0.15) is 6.10 Å². The molecule has 3 atom stereocenters. The van der Waals surface area contributed by atoms with E-state index < -0.39 is 0 Å². The molecule has 1 aromatic rings. The van der Waals surface area contributed by atoms with Gasteiger partial charge in [-0.2, -0.15) is 5.26 Å². The molecule has 0 bridgehead atoms. The van der Waals surface area contributed by atoms with Crippen LogP contribution >= 0.6 is 0 Å². The molecule has 1 saturated carbocycles. The molecular weight excluding hydrogens is 226 g/mol. The molecule has 2 rings (SSSR count). The highest BCUT2D eigenvalue weighted by atomic mass is 16.5. The lowest BCUT2D eigenvalue weighted by Crippen LogP contribution is -2.32. The third-order valence-corrected chi connectivity index (χ3v) is 3.57. The fourth-order valence-corrected chi connectivity index (χ4v) is 2.49. The van der Waals surface area contributed by atoms with Gasteiger partial charge in [0.25, 0.3) is 0 Å². The third kappa shape index (κ3) is 2.76. The molecule has 1 aromatic carbocycles. The first-order chi connectivity index (χ1) is 8.74. The van der Waals surface area contributed by atoms with E-state index in [4.69, 9.17) is 9.47 Å². The molecule has 3 nitrogen and oxygen atoms in total. The molecule has 0 saturated heterocycles. The van der Waals surface area contributed by atoms with E-state index in [1.165, 1.54) is 0 Å². The van der Waals surface area contributed by atoms with Crippen molar-refractivity contribution in [3.63, 3.8) is 0 Å². The fourth-order valence-electron chi connectivity index (χ4n) is 2.49. The molecule has 3 unspecified atom stereocenters. The van der Waals surface area contributed by atoms with Crippen LogP contribution in [0, 0.1) is 23.2 Å². The molecule has 0 heterocycles. The van der Waals surface area contributed by atoms with Crippen LogP contribution in [0.5, 0.6) is 11.5 Å². The van der Waals surface area contributed by atoms with Crippen molar-refractivity contribution < 1.29 is 9.47 Å². The maximum absolute atomic E-state index is 9.19. The molecule has 0 spiro atoms. The number of benzene rings is 1. The average Bonchev–Trinajstić information content (AvgIpc) is 2.40. The van der Waals surface area contributed by atoms with Crippen molar-refractivity contribution in [1.82, 2.24) is 0 Å². The topological polar surface area (TPSA) is 42.2 Å². The first-order valence-corrected chi connectivity index (χ1v) is 6.44. The first kappa shape index (κ1) is 12.8. The van der Waals surface area contributed by atoms with E-state index in [9.17, 15) is 5.26 Å². The summed E-state index contributed by atoms with van der Waals surface area (Å²) in [5.74, 6) is 2.08. The van der Waals surface area contributed by atoms with E-state index in [1.54, 1.807) is 7.11 Å². The number of hydrogen-bond acceptors (Lipinski definition) is 3. The first-order valence-electron chi connectivity index (χ1n) is 6.44. The predicted octanol–water partition coefficient (Wildman–Crippen LogP) is 3.40. The van der Waals surface area contributed by atoms with Gasteiger partial charge in [0.15, 0.2) is 11.5 Å². The van der Waals surface area contributed by atoms with Crippen LogP contribution in [0.4, 0.5) is 0 Å². The van der Waals surface area contributed by atoms with E-state index in [-0.39, 0.29) is 12.0 Å². The minimum absolute atomic E-state index is 0.00823. The van der Waals surface area contributed by atoms with Crippen molar-refractivity contribution in [3.05, 3.63) is 24.3 Å². The molecule has 1 aliphatic carbocycles. The van der Waals surface area contributed by atoms with Crippen molar-refractivity contribution in [1.29, 1.82) is 5.26 Å². The summed E-state index contributed by atoms with van der Waals surface area (Å²) in [6.07, 6.45) is 2.97. The van der Waals surface area contributed by atoms with Crippen molar-refractivity contribution in [2.24, 2.45) is 11.8 Å². The molecule has 0 N–H and O–H groups in total. The Balaban J connectivity index is 2.13. The van der Waals surface area contributed by atoms with Crippen LogP contribution in [0.15, 0.2) is 24.3 Å². The number of hydrogen-bond donors (Lipinski definition) is 0. The zero-order valence-electron chi connectivity index (χ0n) is 10.9. The second kappa shape index (κ2) is 5.77. The predicted molar refractivity (Wildman–Crippen MR) is 69.5 cm³/mol. The van der Waals surface area contributed by atoms with E-state index >= 15 is 0 Å². The lowest BCUT2D eigenvalue weighted by molar-refractivity contribution is 0.0925. The second-order valence-electron chi connectivity index (χ2n) is 4.96. The number of rotatable bonds is 3. The molecule has 0 amide bonds. The fraction of sp³-hybridized carbons (Fsp3) is 0.533. The Morgan fingerprint density at radius 3 is 2.61 bits per heavy atom. The lowest BCUT2D eigenvalue weighted by Gasteiger charge is -2.31. The summed E-state index contributed by atoms with van der Waals surface area (Å²) in [6, 6.07) is 9.98. The lowest BCUT2D eigenvalue weighted by atomic mass is 9.81. The molecule has 1 aliphatic rings. The van der Waals surface area contributed by atoms with Crippen molar-refractivity contribution >= 4 is 0 Å². The SMILES string of the molecule is COc1ccccc1OC1CC(C)CCC1C#N. The molecule has 0 radical (unpaired) electrons. The number of nitriles is 1. The maximum atomic E-state index is 9.19. The van der Waals surface area contributed by atoms with Crippen molar-refractivity contribution in [2.75, 3.05) is 7.11 Å². The van der Waals surface area contributed by atoms with Crippen molar-refractivity contribution in [3.8, 4) is 17.6 Å².